The summed E-state index contributed by atoms with van der Waals surface area (Å²) in [6.07, 6.45) is 23.7. The van der Waals surface area contributed by atoms with Gasteiger partial charge in [-0.1, -0.05) is 72.1 Å². The third-order valence-corrected chi connectivity index (χ3v) is 15.9. The van der Waals surface area contributed by atoms with E-state index in [0.717, 1.165) is 207 Å². The molecule has 14 heteroatoms. The zero-order chi connectivity index (χ0) is 47.3. The van der Waals surface area contributed by atoms with E-state index in [9.17, 15) is 0 Å². The molecule has 0 bridgehead atoms. The maximum atomic E-state index is 6.19. The number of hydrogen-bond donors (Lipinski definition) is 8. The largest absolute Gasteiger partial charge is 0.329 e. The topological polar surface area (TPSA) is 130 Å². The van der Waals surface area contributed by atoms with E-state index in [1.54, 1.807) is 0 Å². The Morgan fingerprint density at radius 1 is 0.328 bits per heavy atom. The second kappa shape index (κ2) is 40.0. The van der Waals surface area contributed by atoms with Gasteiger partial charge < -0.3 is 52.8 Å². The Morgan fingerprint density at radius 2 is 0.672 bits per heavy atom. The van der Waals surface area contributed by atoms with Crippen LogP contribution < -0.4 is 43.0 Å². The summed E-state index contributed by atoms with van der Waals surface area (Å²) in [5.41, 5.74) is 6.19. The van der Waals surface area contributed by atoms with E-state index in [0.29, 0.717) is 0 Å². The molecule has 5 rings (SSSR count). The van der Waals surface area contributed by atoms with Gasteiger partial charge >= 0.3 is 0 Å². The summed E-state index contributed by atoms with van der Waals surface area (Å²) in [5, 5.41) is 26.3. The summed E-state index contributed by atoms with van der Waals surface area (Å²) >= 11 is 0. The summed E-state index contributed by atoms with van der Waals surface area (Å²) in [5.74, 6) is 0. The van der Waals surface area contributed by atoms with Gasteiger partial charge in [0.25, 0.3) is 0 Å². The van der Waals surface area contributed by atoms with E-state index in [-0.39, 0.29) is 0 Å². The van der Waals surface area contributed by atoms with Gasteiger partial charge in [-0.15, -0.1) is 0 Å². The quantitative estimate of drug-likeness (QED) is 0.0426. The molecule has 0 aromatic heterocycles. The van der Waals surface area contributed by atoms with Gasteiger partial charge in [0.05, 0.1) is 0 Å². The lowest BCUT2D eigenvalue weighted by Crippen LogP contribution is -2.47. The number of nitrogens with zero attached hydrogens (tertiary/aromatic N) is 6. The normalized spacial score (nSPS) is 18.2. The summed E-state index contributed by atoms with van der Waals surface area (Å²) < 4.78 is 0. The average molecular weight is 948 g/mol. The van der Waals surface area contributed by atoms with Crippen LogP contribution in [0.5, 0.6) is 0 Å². The minimum absolute atomic E-state index is 0.719. The molecule has 0 saturated heterocycles. The fraction of sp³-hybridized carbons (Fsp3) is 1.00. The van der Waals surface area contributed by atoms with Crippen molar-refractivity contribution in [1.29, 1.82) is 0 Å². The Kier molecular flexibility index (Phi) is 35.2. The molecule has 0 amide bonds. The summed E-state index contributed by atoms with van der Waals surface area (Å²) in [4.78, 5) is 16.0. The van der Waals surface area contributed by atoms with Crippen molar-refractivity contribution in [1.82, 2.24) is 66.6 Å². The standard InChI is InChI=1S/C49H106N14.C4H8/c1-4-20-51-27-38-63(49-17-10-18-49)39-28-54-26-35-61(42-40-58(5-2)32-23-52-21-22-55-46-11-7-12-46)34-25-53-24-33-60(31-19-50)44-45-62(37-30-57-48-15-9-16-48)43-41-59(6-3)36-29-56-47-13-8-14-47;1-2-4-3-1/h46-49,51-57H,4-45,50H2,1-3H3;1-4H2. The predicted octanol–water partition coefficient (Wildman–Crippen LogP) is 3.10. The van der Waals surface area contributed by atoms with Gasteiger partial charge in [0.2, 0.25) is 0 Å². The second-order valence-corrected chi connectivity index (χ2v) is 21.0. The number of nitrogens with two attached hydrogens (primary N) is 1. The van der Waals surface area contributed by atoms with Crippen molar-refractivity contribution in [2.75, 3.05) is 190 Å². The smallest absolute Gasteiger partial charge is 0.0110 e. The van der Waals surface area contributed by atoms with Crippen LogP contribution in [0.1, 0.15) is 130 Å². The highest BCUT2D eigenvalue weighted by molar-refractivity contribution is 4.82. The Bertz CT molecular complexity index is 1080. The maximum absolute atomic E-state index is 6.19. The zero-order valence-corrected chi connectivity index (χ0v) is 44.6. The van der Waals surface area contributed by atoms with Crippen LogP contribution in [0.25, 0.3) is 0 Å². The van der Waals surface area contributed by atoms with Crippen LogP contribution in [0, 0.1) is 0 Å². The van der Waals surface area contributed by atoms with Gasteiger partial charge in [-0.3, -0.25) is 19.6 Å². The number of nitrogens with one attached hydrogen (secondary N) is 7. The Morgan fingerprint density at radius 3 is 1.06 bits per heavy atom. The lowest BCUT2D eigenvalue weighted by atomic mass is 9.91. The molecule has 0 atom stereocenters. The van der Waals surface area contributed by atoms with Gasteiger partial charge in [-0.2, -0.15) is 0 Å². The molecular weight excluding hydrogens is 833 g/mol. The van der Waals surface area contributed by atoms with E-state index in [4.69, 9.17) is 5.73 Å². The highest BCUT2D eigenvalue weighted by Crippen LogP contribution is 2.24. The molecule has 5 fully saturated rings. The Hall–Kier alpha value is -0.560. The van der Waals surface area contributed by atoms with Crippen molar-refractivity contribution in [2.24, 2.45) is 5.73 Å². The van der Waals surface area contributed by atoms with Crippen LogP contribution in [-0.4, -0.2) is 243 Å². The molecule has 14 nitrogen and oxygen atoms in total. The highest BCUT2D eigenvalue weighted by atomic mass is 15.2. The molecule has 67 heavy (non-hydrogen) atoms. The molecule has 0 spiro atoms. The van der Waals surface area contributed by atoms with Crippen LogP contribution in [0.15, 0.2) is 0 Å². The van der Waals surface area contributed by atoms with Crippen LogP contribution in [-0.2, 0) is 0 Å². The number of hydrogen-bond acceptors (Lipinski definition) is 14. The van der Waals surface area contributed by atoms with Crippen molar-refractivity contribution < 1.29 is 0 Å². The van der Waals surface area contributed by atoms with Gasteiger partial charge in [0.15, 0.2) is 0 Å². The SMILES string of the molecule is C1CCC1.CCCNCCN(CCNCCN(CCNCCN(CCN)CCN(CCNC1CCC1)CCN(CC)CCNC1CCC1)CCN(CC)CCNCCNC1CCC1)C1CCC1. The molecule has 9 N–H and O–H groups in total. The first-order valence-corrected chi connectivity index (χ1v) is 29.2. The van der Waals surface area contributed by atoms with Gasteiger partial charge in [0.1, 0.15) is 0 Å². The monoisotopic (exact) mass is 947 g/mol. The van der Waals surface area contributed by atoms with Crippen LogP contribution in [0.4, 0.5) is 0 Å². The van der Waals surface area contributed by atoms with Crippen molar-refractivity contribution in [3.05, 3.63) is 0 Å². The molecule has 0 heterocycles. The lowest BCUT2D eigenvalue weighted by Gasteiger charge is -2.37. The summed E-state index contributed by atoms with van der Waals surface area (Å²) in [6.45, 7) is 38.4. The summed E-state index contributed by atoms with van der Waals surface area (Å²) in [7, 11) is 0. The fourth-order valence-electron chi connectivity index (χ4n) is 9.50. The Labute approximate surface area is 414 Å². The zero-order valence-electron chi connectivity index (χ0n) is 44.6. The van der Waals surface area contributed by atoms with E-state index in [1.165, 1.54) is 116 Å². The molecular formula is C53H114N14. The Balaban J connectivity index is 0.00000232. The first kappa shape index (κ1) is 59.0. The first-order valence-electron chi connectivity index (χ1n) is 29.2. The molecule has 0 aromatic carbocycles. The van der Waals surface area contributed by atoms with E-state index in [1.807, 2.05) is 0 Å². The molecule has 0 radical (unpaired) electrons. The van der Waals surface area contributed by atoms with E-state index < -0.39 is 0 Å². The van der Waals surface area contributed by atoms with Gasteiger partial charge in [-0.25, -0.2) is 0 Å². The first-order chi connectivity index (χ1) is 33.1. The number of likely N-dealkylation sites (N-methyl/N-ethyl adjacent to an activating group) is 2. The van der Waals surface area contributed by atoms with Crippen molar-refractivity contribution in [2.45, 2.75) is 154 Å². The van der Waals surface area contributed by atoms with Crippen molar-refractivity contribution in [3.8, 4) is 0 Å². The minimum Gasteiger partial charge on any atom is -0.329 e. The molecule has 0 unspecified atom stereocenters. The summed E-state index contributed by atoms with van der Waals surface area (Å²) in [6, 6.07) is 3.10. The highest BCUT2D eigenvalue weighted by Gasteiger charge is 2.24. The molecule has 0 aromatic rings. The van der Waals surface area contributed by atoms with Gasteiger partial charge in [-0.05, 0) is 77.4 Å². The fourth-order valence-corrected chi connectivity index (χ4v) is 9.50. The van der Waals surface area contributed by atoms with Crippen molar-refractivity contribution >= 4 is 0 Å². The van der Waals surface area contributed by atoms with Crippen LogP contribution in [0.3, 0.4) is 0 Å². The number of rotatable bonds is 46. The van der Waals surface area contributed by atoms with E-state index in [2.05, 4.69) is 87.4 Å². The molecule has 0 aliphatic heterocycles. The second-order valence-electron chi connectivity index (χ2n) is 21.0. The third kappa shape index (κ3) is 28.3. The van der Waals surface area contributed by atoms with Crippen molar-refractivity contribution in [3.63, 3.8) is 0 Å². The average Bonchev–Trinajstić information content (AvgIpc) is 3.24. The molecule has 5 saturated carbocycles. The van der Waals surface area contributed by atoms with Gasteiger partial charge in [0, 0.05) is 194 Å². The molecule has 396 valence electrons. The molecule has 5 aliphatic rings. The van der Waals surface area contributed by atoms with Crippen LogP contribution >= 0.6 is 0 Å². The predicted molar refractivity (Wildman–Crippen MR) is 289 cm³/mol. The maximum Gasteiger partial charge on any atom is 0.0110 e. The minimum atomic E-state index is 0.719. The van der Waals surface area contributed by atoms with Crippen LogP contribution in [0.2, 0.25) is 0 Å². The lowest BCUT2D eigenvalue weighted by molar-refractivity contribution is 0.128. The molecule has 5 aliphatic carbocycles. The van der Waals surface area contributed by atoms with E-state index >= 15 is 0 Å². The third-order valence-electron chi connectivity index (χ3n) is 15.9.